The van der Waals surface area contributed by atoms with Crippen molar-refractivity contribution >= 4 is 23.5 Å². The molecule has 1 atom stereocenters. The van der Waals surface area contributed by atoms with Crippen LogP contribution < -0.4 is 5.32 Å². The summed E-state index contributed by atoms with van der Waals surface area (Å²) < 4.78 is 5.08. The Morgan fingerprint density at radius 1 is 1.29 bits per heavy atom. The number of ketones is 1. The molecule has 0 fully saturated rings. The van der Waals surface area contributed by atoms with E-state index in [1.54, 1.807) is 36.4 Å². The highest BCUT2D eigenvalue weighted by Crippen LogP contribution is 2.38. The van der Waals surface area contributed by atoms with Gasteiger partial charge in [-0.15, -0.1) is 0 Å². The number of hydrogen-bond acceptors (Lipinski definition) is 4. The molecule has 5 nitrogen and oxygen atoms in total. The molecule has 1 aliphatic rings. The van der Waals surface area contributed by atoms with Gasteiger partial charge in [0.1, 0.15) is 5.76 Å². The highest BCUT2D eigenvalue weighted by molar-refractivity contribution is 6.08. The predicted octanol–water partition coefficient (Wildman–Crippen LogP) is 2.09. The van der Waals surface area contributed by atoms with Crippen LogP contribution in [0, 0.1) is 0 Å². The van der Waals surface area contributed by atoms with Crippen LogP contribution in [0.1, 0.15) is 17.7 Å². The van der Waals surface area contributed by atoms with E-state index in [4.69, 9.17) is 4.42 Å². The smallest absolute Gasteiger partial charge is 0.261 e. The summed E-state index contributed by atoms with van der Waals surface area (Å²) in [5.74, 6) is -0.407. The largest absolute Gasteiger partial charge is 0.465 e. The van der Waals surface area contributed by atoms with E-state index in [0.717, 1.165) is 0 Å². The van der Waals surface area contributed by atoms with Crippen molar-refractivity contribution in [1.82, 2.24) is 0 Å². The number of carbonyl (C=O) groups is 2. The molecule has 0 aliphatic carbocycles. The molecule has 2 aromatic rings. The van der Waals surface area contributed by atoms with Crippen LogP contribution in [0.3, 0.4) is 0 Å². The molecular weight excluding hydrogens is 270 g/mol. The summed E-state index contributed by atoms with van der Waals surface area (Å²) in [4.78, 5) is 24.0. The Morgan fingerprint density at radius 2 is 2.10 bits per heavy atom. The maximum Gasteiger partial charge on any atom is 0.261 e. The van der Waals surface area contributed by atoms with Crippen LogP contribution in [-0.4, -0.2) is 16.8 Å². The molecule has 2 N–H and O–H groups in total. The molecule has 1 aromatic heterocycles. The molecule has 0 saturated carbocycles. The van der Waals surface area contributed by atoms with Gasteiger partial charge in [0.2, 0.25) is 0 Å². The van der Waals surface area contributed by atoms with Crippen molar-refractivity contribution in [3.05, 3.63) is 60.1 Å². The SMILES string of the molecule is O=C(C=Cc1ccco1)CC1(O)C(=O)Nc2ccccc21. The van der Waals surface area contributed by atoms with Gasteiger partial charge in [-0.05, 0) is 30.4 Å². The molecule has 3 rings (SSSR count). The molecule has 0 saturated heterocycles. The van der Waals surface area contributed by atoms with Gasteiger partial charge >= 0.3 is 0 Å². The average Bonchev–Trinajstić information content (AvgIpc) is 3.06. The third-order valence-electron chi connectivity index (χ3n) is 3.40. The number of hydrogen-bond donors (Lipinski definition) is 2. The van der Waals surface area contributed by atoms with E-state index >= 15 is 0 Å². The summed E-state index contributed by atoms with van der Waals surface area (Å²) in [5, 5.41) is 13.1. The molecule has 1 unspecified atom stereocenters. The zero-order chi connectivity index (χ0) is 14.9. The van der Waals surface area contributed by atoms with Gasteiger partial charge in [0.15, 0.2) is 11.4 Å². The van der Waals surface area contributed by atoms with Gasteiger partial charge in [-0.1, -0.05) is 18.2 Å². The third kappa shape index (κ3) is 2.39. The van der Waals surface area contributed by atoms with Crippen LogP contribution in [0.5, 0.6) is 0 Å². The van der Waals surface area contributed by atoms with Crippen molar-refractivity contribution < 1.29 is 19.1 Å². The van der Waals surface area contributed by atoms with Gasteiger partial charge in [-0.25, -0.2) is 0 Å². The Bertz CT molecular complexity index is 718. The van der Waals surface area contributed by atoms with Gasteiger partial charge in [-0.2, -0.15) is 0 Å². The minimum Gasteiger partial charge on any atom is -0.465 e. The fourth-order valence-corrected chi connectivity index (χ4v) is 2.35. The maximum atomic E-state index is 12.0. The van der Waals surface area contributed by atoms with Crippen molar-refractivity contribution in [3.63, 3.8) is 0 Å². The molecule has 1 amide bonds. The monoisotopic (exact) mass is 283 g/mol. The number of aliphatic hydroxyl groups is 1. The first-order chi connectivity index (χ1) is 10.1. The lowest BCUT2D eigenvalue weighted by atomic mass is 9.90. The molecule has 106 valence electrons. The Labute approximate surface area is 120 Å². The fraction of sp³-hybridized carbons (Fsp3) is 0.125. The van der Waals surface area contributed by atoms with Gasteiger partial charge < -0.3 is 14.8 Å². The minimum atomic E-state index is -1.82. The molecule has 1 aromatic carbocycles. The number of rotatable bonds is 4. The Morgan fingerprint density at radius 3 is 2.86 bits per heavy atom. The van der Waals surface area contributed by atoms with Crippen LogP contribution >= 0.6 is 0 Å². The van der Waals surface area contributed by atoms with Crippen LogP contribution in [0.2, 0.25) is 0 Å². The molecule has 0 bridgehead atoms. The van der Waals surface area contributed by atoms with Crippen molar-refractivity contribution in [2.75, 3.05) is 5.32 Å². The van der Waals surface area contributed by atoms with Crippen molar-refractivity contribution in [2.24, 2.45) is 0 Å². The van der Waals surface area contributed by atoms with Gasteiger partial charge in [0.05, 0.1) is 12.7 Å². The van der Waals surface area contributed by atoms with Crippen molar-refractivity contribution in [2.45, 2.75) is 12.0 Å². The van der Waals surface area contributed by atoms with E-state index < -0.39 is 11.5 Å². The predicted molar refractivity (Wildman–Crippen MR) is 76.3 cm³/mol. The lowest BCUT2D eigenvalue weighted by Gasteiger charge is -2.18. The Balaban J connectivity index is 1.80. The molecule has 0 radical (unpaired) electrons. The number of para-hydroxylation sites is 1. The number of carbonyl (C=O) groups excluding carboxylic acids is 2. The van der Waals surface area contributed by atoms with E-state index in [2.05, 4.69) is 5.32 Å². The molecule has 21 heavy (non-hydrogen) atoms. The first-order valence-electron chi connectivity index (χ1n) is 6.47. The van der Waals surface area contributed by atoms with E-state index in [-0.39, 0.29) is 12.2 Å². The number of amides is 1. The Hall–Kier alpha value is -2.66. The summed E-state index contributed by atoms with van der Waals surface area (Å²) in [6, 6.07) is 10.2. The zero-order valence-electron chi connectivity index (χ0n) is 11.1. The van der Waals surface area contributed by atoms with Crippen LogP contribution in [-0.2, 0) is 15.2 Å². The molecule has 2 heterocycles. The number of furan rings is 1. The lowest BCUT2D eigenvalue weighted by molar-refractivity contribution is -0.138. The van der Waals surface area contributed by atoms with Gasteiger partial charge in [-0.3, -0.25) is 9.59 Å². The highest BCUT2D eigenvalue weighted by Gasteiger charge is 2.46. The van der Waals surface area contributed by atoms with E-state index in [1.807, 2.05) is 0 Å². The van der Waals surface area contributed by atoms with Gasteiger partial charge in [0.25, 0.3) is 5.91 Å². The van der Waals surface area contributed by atoms with Crippen LogP contribution in [0.25, 0.3) is 6.08 Å². The summed E-state index contributed by atoms with van der Waals surface area (Å²) in [5.41, 5.74) is -0.858. The number of fused-ring (bicyclic) bond motifs is 1. The van der Waals surface area contributed by atoms with Crippen LogP contribution in [0.4, 0.5) is 5.69 Å². The summed E-state index contributed by atoms with van der Waals surface area (Å²) in [7, 11) is 0. The molecule has 0 spiro atoms. The number of benzene rings is 1. The summed E-state index contributed by atoms with van der Waals surface area (Å²) in [6.45, 7) is 0. The highest BCUT2D eigenvalue weighted by atomic mass is 16.3. The quantitative estimate of drug-likeness (QED) is 0.842. The van der Waals surface area contributed by atoms with Crippen LogP contribution in [0.15, 0.2) is 53.2 Å². The van der Waals surface area contributed by atoms with Gasteiger partial charge in [0, 0.05) is 11.3 Å². The van der Waals surface area contributed by atoms with Crippen molar-refractivity contribution in [3.8, 4) is 0 Å². The maximum absolute atomic E-state index is 12.0. The fourth-order valence-electron chi connectivity index (χ4n) is 2.35. The number of anilines is 1. The topological polar surface area (TPSA) is 79.5 Å². The van der Waals surface area contributed by atoms with E-state index in [0.29, 0.717) is 17.0 Å². The second-order valence-electron chi connectivity index (χ2n) is 4.85. The minimum absolute atomic E-state index is 0.312. The molecule has 1 aliphatic heterocycles. The third-order valence-corrected chi connectivity index (χ3v) is 3.40. The molecule has 5 heteroatoms. The van der Waals surface area contributed by atoms with E-state index in [9.17, 15) is 14.7 Å². The van der Waals surface area contributed by atoms with E-state index in [1.165, 1.54) is 18.4 Å². The molecular formula is C16H13NO4. The standard InChI is InChI=1S/C16H13NO4/c18-11(7-8-12-4-3-9-21-12)10-16(20)13-5-1-2-6-14(13)17-15(16)19/h1-9,20H,10H2,(H,17,19). The second kappa shape index (κ2) is 5.03. The number of nitrogens with one attached hydrogen (secondary N) is 1. The van der Waals surface area contributed by atoms with Crippen molar-refractivity contribution in [1.29, 1.82) is 0 Å². The first-order valence-corrected chi connectivity index (χ1v) is 6.47. The normalized spacial score (nSPS) is 20.5. The Kier molecular flexibility index (Phi) is 3.19. The average molecular weight is 283 g/mol. The first kappa shape index (κ1) is 13.3. The summed E-state index contributed by atoms with van der Waals surface area (Å²) >= 11 is 0. The number of allylic oxidation sites excluding steroid dienone is 1. The second-order valence-corrected chi connectivity index (χ2v) is 4.85. The summed E-state index contributed by atoms with van der Waals surface area (Å²) in [6.07, 6.45) is 3.99. The zero-order valence-corrected chi connectivity index (χ0v) is 11.1. The lowest BCUT2D eigenvalue weighted by Crippen LogP contribution is -2.36.